The number of nitrogens with zero attached hydrogens (tertiary/aromatic N) is 3. The number of nitrogens with one attached hydrogen (secondary N) is 1. The number of piperazine rings is 1. The maximum Gasteiger partial charge on any atom is 0.416 e. The predicted molar refractivity (Wildman–Crippen MR) is 95.9 cm³/mol. The number of quaternary nitrogens is 1. The van der Waals surface area contributed by atoms with E-state index in [0.717, 1.165) is 18.2 Å². The fraction of sp³-hybridized carbons (Fsp3) is 0.316. The third-order valence-electron chi connectivity index (χ3n) is 4.85. The quantitative estimate of drug-likeness (QED) is 0.642. The molecule has 0 spiro atoms. The van der Waals surface area contributed by atoms with Gasteiger partial charge < -0.3 is 9.80 Å². The van der Waals surface area contributed by atoms with Crippen molar-refractivity contribution in [1.29, 1.82) is 5.26 Å². The smallest absolute Gasteiger partial charge is 0.355 e. The fourth-order valence-electron chi connectivity index (χ4n) is 3.34. The molecule has 2 aromatic carbocycles. The van der Waals surface area contributed by atoms with Crippen molar-refractivity contribution in [3.8, 4) is 6.07 Å². The van der Waals surface area contributed by atoms with Crippen molar-refractivity contribution in [3.63, 3.8) is 0 Å². The number of alkyl halides is 3. The molecule has 0 amide bonds. The number of nitro benzene ring substituents is 1. The monoisotopic (exact) mass is 391 g/mol. The molecule has 1 fully saturated rings. The van der Waals surface area contributed by atoms with E-state index in [2.05, 4.69) is 6.07 Å². The molecule has 0 bridgehead atoms. The third kappa shape index (κ3) is 4.40. The van der Waals surface area contributed by atoms with Gasteiger partial charge in [-0.1, -0.05) is 12.1 Å². The molecule has 0 unspecified atom stereocenters. The molecule has 1 heterocycles. The number of nitro groups is 1. The Kier molecular flexibility index (Phi) is 5.51. The zero-order valence-electron chi connectivity index (χ0n) is 14.9. The van der Waals surface area contributed by atoms with Crippen LogP contribution in [-0.2, 0) is 12.7 Å². The van der Waals surface area contributed by atoms with Crippen LogP contribution in [0.4, 0.5) is 24.5 Å². The molecule has 28 heavy (non-hydrogen) atoms. The van der Waals surface area contributed by atoms with Gasteiger partial charge in [0.25, 0.3) is 5.69 Å². The van der Waals surface area contributed by atoms with Gasteiger partial charge in [-0.05, 0) is 24.3 Å². The standard InChI is InChI=1S/C19H17F3N4O2/c20-19(21,22)16-5-6-17(18(11-16)26(27)28)25-9-7-24(8-10-25)13-15-3-1-14(12-23)2-4-15/h1-6,11H,7-10,13H2/p+1. The van der Waals surface area contributed by atoms with Gasteiger partial charge in [0.1, 0.15) is 12.2 Å². The van der Waals surface area contributed by atoms with Crippen LogP contribution in [0, 0.1) is 21.4 Å². The van der Waals surface area contributed by atoms with Crippen LogP contribution >= 0.6 is 0 Å². The first-order valence-electron chi connectivity index (χ1n) is 8.71. The highest BCUT2D eigenvalue weighted by Crippen LogP contribution is 2.36. The fourth-order valence-corrected chi connectivity index (χ4v) is 3.34. The summed E-state index contributed by atoms with van der Waals surface area (Å²) in [7, 11) is 0. The largest absolute Gasteiger partial charge is 0.416 e. The average Bonchev–Trinajstić information content (AvgIpc) is 2.68. The van der Waals surface area contributed by atoms with Gasteiger partial charge in [-0.2, -0.15) is 18.4 Å². The molecular weight excluding hydrogens is 373 g/mol. The normalized spacial score (nSPS) is 15.3. The number of hydrogen-bond acceptors (Lipinski definition) is 4. The summed E-state index contributed by atoms with van der Waals surface area (Å²) in [5.74, 6) is 0. The molecule has 0 saturated carbocycles. The summed E-state index contributed by atoms with van der Waals surface area (Å²) >= 11 is 0. The van der Waals surface area contributed by atoms with E-state index in [1.165, 1.54) is 11.0 Å². The lowest BCUT2D eigenvalue weighted by Crippen LogP contribution is -3.13. The molecule has 6 nitrogen and oxygen atoms in total. The van der Waals surface area contributed by atoms with Crippen molar-refractivity contribution in [2.75, 3.05) is 31.1 Å². The van der Waals surface area contributed by atoms with Crippen LogP contribution in [0.15, 0.2) is 42.5 Å². The van der Waals surface area contributed by atoms with E-state index in [4.69, 9.17) is 5.26 Å². The predicted octanol–water partition coefficient (Wildman–Crippen LogP) is 2.39. The van der Waals surface area contributed by atoms with Crippen molar-refractivity contribution in [2.45, 2.75) is 12.7 Å². The molecule has 3 rings (SSSR count). The van der Waals surface area contributed by atoms with Crippen molar-refractivity contribution in [3.05, 3.63) is 69.3 Å². The Balaban J connectivity index is 1.68. The van der Waals surface area contributed by atoms with Gasteiger partial charge in [-0.25, -0.2) is 0 Å². The Hall–Kier alpha value is -3.12. The lowest BCUT2D eigenvalue weighted by Gasteiger charge is -2.33. The van der Waals surface area contributed by atoms with Crippen LogP contribution in [0.3, 0.4) is 0 Å². The zero-order valence-corrected chi connectivity index (χ0v) is 14.9. The lowest BCUT2D eigenvalue weighted by molar-refractivity contribution is -0.914. The summed E-state index contributed by atoms with van der Waals surface area (Å²) in [6, 6.07) is 12.1. The third-order valence-corrected chi connectivity index (χ3v) is 4.85. The van der Waals surface area contributed by atoms with E-state index in [1.807, 2.05) is 12.1 Å². The van der Waals surface area contributed by atoms with E-state index in [9.17, 15) is 23.3 Å². The number of hydrogen-bond donors (Lipinski definition) is 1. The maximum absolute atomic E-state index is 12.9. The minimum Gasteiger partial charge on any atom is -0.355 e. The Labute approximate surface area is 159 Å². The Morgan fingerprint density at radius 1 is 1.14 bits per heavy atom. The molecule has 0 radical (unpaired) electrons. The summed E-state index contributed by atoms with van der Waals surface area (Å²) in [5, 5.41) is 20.1. The molecular formula is C19H18F3N4O2+. The van der Waals surface area contributed by atoms with Gasteiger partial charge in [0, 0.05) is 11.6 Å². The van der Waals surface area contributed by atoms with Crippen molar-refractivity contribution in [1.82, 2.24) is 0 Å². The number of halogens is 3. The van der Waals surface area contributed by atoms with E-state index >= 15 is 0 Å². The summed E-state index contributed by atoms with van der Waals surface area (Å²) in [6.07, 6.45) is -4.62. The van der Waals surface area contributed by atoms with Gasteiger partial charge in [-0.3, -0.25) is 10.1 Å². The first-order chi connectivity index (χ1) is 13.3. The van der Waals surface area contributed by atoms with Crippen LogP contribution in [0.25, 0.3) is 0 Å². The van der Waals surface area contributed by atoms with Crippen LogP contribution < -0.4 is 9.80 Å². The van der Waals surface area contributed by atoms with E-state index in [1.54, 1.807) is 17.0 Å². The van der Waals surface area contributed by atoms with Crippen LogP contribution in [0.2, 0.25) is 0 Å². The Bertz CT molecular complexity index is 899. The summed E-state index contributed by atoms with van der Waals surface area (Å²) in [5.41, 5.74) is 0.356. The Morgan fingerprint density at radius 2 is 1.79 bits per heavy atom. The number of rotatable bonds is 4. The van der Waals surface area contributed by atoms with Gasteiger partial charge in [0.2, 0.25) is 0 Å². The van der Waals surface area contributed by atoms with Crippen LogP contribution in [0.5, 0.6) is 0 Å². The second kappa shape index (κ2) is 7.86. The molecule has 1 aliphatic heterocycles. The topological polar surface area (TPSA) is 74.6 Å². The van der Waals surface area contributed by atoms with Crippen molar-refractivity contribution < 1.29 is 23.0 Å². The van der Waals surface area contributed by atoms with Crippen molar-refractivity contribution >= 4 is 11.4 Å². The minimum absolute atomic E-state index is 0.218. The highest BCUT2D eigenvalue weighted by Gasteiger charge is 2.34. The van der Waals surface area contributed by atoms with Crippen LogP contribution in [-0.4, -0.2) is 31.1 Å². The molecule has 2 aromatic rings. The highest BCUT2D eigenvalue weighted by molar-refractivity contribution is 5.64. The second-order valence-corrected chi connectivity index (χ2v) is 6.68. The van der Waals surface area contributed by atoms with E-state index in [0.29, 0.717) is 37.8 Å². The highest BCUT2D eigenvalue weighted by atomic mass is 19.4. The summed E-state index contributed by atoms with van der Waals surface area (Å²) < 4.78 is 38.6. The number of anilines is 1. The maximum atomic E-state index is 12.9. The summed E-state index contributed by atoms with van der Waals surface area (Å²) in [6.45, 7) is 3.20. The van der Waals surface area contributed by atoms with Crippen LogP contribution in [0.1, 0.15) is 16.7 Å². The number of benzene rings is 2. The van der Waals surface area contributed by atoms with Gasteiger partial charge in [0.05, 0.1) is 48.3 Å². The molecule has 0 aliphatic carbocycles. The van der Waals surface area contributed by atoms with Gasteiger partial charge >= 0.3 is 6.18 Å². The van der Waals surface area contributed by atoms with E-state index < -0.39 is 22.4 Å². The first-order valence-corrected chi connectivity index (χ1v) is 8.71. The number of nitriles is 1. The molecule has 1 N–H and O–H groups in total. The second-order valence-electron chi connectivity index (χ2n) is 6.68. The first kappa shape index (κ1) is 19.6. The van der Waals surface area contributed by atoms with Gasteiger partial charge in [-0.15, -0.1) is 0 Å². The molecule has 1 aliphatic rings. The average molecular weight is 391 g/mol. The van der Waals surface area contributed by atoms with E-state index in [-0.39, 0.29) is 5.69 Å². The Morgan fingerprint density at radius 3 is 2.32 bits per heavy atom. The summed E-state index contributed by atoms with van der Waals surface area (Å²) in [4.78, 5) is 13.6. The minimum atomic E-state index is -4.62. The molecule has 0 aromatic heterocycles. The molecule has 1 saturated heterocycles. The molecule has 146 valence electrons. The van der Waals surface area contributed by atoms with Gasteiger partial charge in [0.15, 0.2) is 0 Å². The molecule has 9 heteroatoms. The van der Waals surface area contributed by atoms with Crippen molar-refractivity contribution in [2.24, 2.45) is 0 Å². The zero-order chi connectivity index (χ0) is 20.3. The SMILES string of the molecule is N#Cc1ccc(C[NH+]2CCN(c3ccc(C(F)(F)F)cc3[N+](=O)[O-])CC2)cc1. The molecule has 0 atom stereocenters. The lowest BCUT2D eigenvalue weighted by atomic mass is 10.1.